The smallest absolute Gasteiger partial charge is 0.174 e. The van der Waals surface area contributed by atoms with Crippen molar-refractivity contribution in [3.05, 3.63) is 52.9 Å². The molecule has 0 unspecified atom stereocenters. The predicted molar refractivity (Wildman–Crippen MR) is 104 cm³/mol. The van der Waals surface area contributed by atoms with Crippen LogP contribution >= 0.6 is 23.8 Å². The fraction of sp³-hybridized carbons (Fsp3) is 0.353. The Morgan fingerprint density at radius 2 is 2.24 bits per heavy atom. The molecule has 8 heteroatoms. The zero-order chi connectivity index (χ0) is 18.0. The number of benzene rings is 1. The zero-order valence-electron chi connectivity index (χ0n) is 13.7. The number of hydrogen-bond acceptors (Lipinski definition) is 4. The minimum absolute atomic E-state index is 0.101. The van der Waals surface area contributed by atoms with Crippen molar-refractivity contribution in [2.45, 2.75) is 25.9 Å². The third kappa shape index (κ3) is 4.54. The molecule has 3 rings (SSSR count). The lowest BCUT2D eigenvalue weighted by Crippen LogP contribution is -2.42. The second-order valence-corrected chi connectivity index (χ2v) is 9.18. The molecule has 2 aromatic rings. The van der Waals surface area contributed by atoms with E-state index in [1.54, 1.807) is 18.4 Å². The maximum atomic E-state index is 11.9. The Kier molecular flexibility index (Phi) is 5.36. The molecule has 1 aliphatic heterocycles. The number of nitrogens with zero attached hydrogens (tertiary/aromatic N) is 1. The molecule has 1 aromatic carbocycles. The topological polar surface area (TPSA) is 62.6 Å². The molecule has 1 aliphatic rings. The summed E-state index contributed by atoms with van der Waals surface area (Å²) in [5.74, 6) is 1.02. The number of anilines is 1. The molecule has 2 heterocycles. The maximum Gasteiger partial charge on any atom is 0.174 e. The van der Waals surface area contributed by atoms with E-state index in [2.05, 4.69) is 5.32 Å². The van der Waals surface area contributed by atoms with Gasteiger partial charge in [-0.05, 0) is 55.4 Å². The molecule has 0 bridgehead atoms. The highest BCUT2D eigenvalue weighted by atomic mass is 35.5. The van der Waals surface area contributed by atoms with E-state index >= 15 is 0 Å². The first kappa shape index (κ1) is 18.2. The van der Waals surface area contributed by atoms with Crippen LogP contribution in [0, 0.1) is 6.92 Å². The molecule has 25 heavy (non-hydrogen) atoms. The monoisotopic (exact) mass is 398 g/mol. The molecule has 0 aliphatic carbocycles. The van der Waals surface area contributed by atoms with Crippen LogP contribution in [0.2, 0.25) is 5.02 Å². The van der Waals surface area contributed by atoms with Crippen molar-refractivity contribution in [1.29, 1.82) is 0 Å². The quantitative estimate of drug-likeness (QED) is 0.793. The molecular formula is C17H19ClN2O3S2. The fourth-order valence-corrected chi connectivity index (χ4v) is 5.07. The Balaban J connectivity index is 1.80. The summed E-state index contributed by atoms with van der Waals surface area (Å²) in [6.45, 7) is 2.34. The summed E-state index contributed by atoms with van der Waals surface area (Å²) in [6.07, 6.45) is 2.15. The van der Waals surface area contributed by atoms with Gasteiger partial charge in [0, 0.05) is 16.8 Å². The Hall–Kier alpha value is -1.57. The molecule has 1 atom stereocenters. The van der Waals surface area contributed by atoms with Gasteiger partial charge in [0.25, 0.3) is 0 Å². The summed E-state index contributed by atoms with van der Waals surface area (Å²) in [7, 11) is -3.02. The number of halogens is 1. The van der Waals surface area contributed by atoms with Gasteiger partial charge in [-0.15, -0.1) is 0 Å². The van der Waals surface area contributed by atoms with Crippen molar-refractivity contribution in [2.24, 2.45) is 0 Å². The molecule has 134 valence electrons. The van der Waals surface area contributed by atoms with E-state index in [0.717, 1.165) is 17.0 Å². The van der Waals surface area contributed by atoms with Gasteiger partial charge in [-0.25, -0.2) is 8.42 Å². The van der Waals surface area contributed by atoms with Crippen molar-refractivity contribution < 1.29 is 12.8 Å². The first-order valence-corrected chi connectivity index (χ1v) is 10.5. The number of sulfone groups is 1. The summed E-state index contributed by atoms with van der Waals surface area (Å²) in [5.41, 5.74) is 1.75. The van der Waals surface area contributed by atoms with Crippen molar-refractivity contribution >= 4 is 44.5 Å². The number of hydrogen-bond donors (Lipinski definition) is 1. The lowest BCUT2D eigenvalue weighted by molar-refractivity contribution is 0.302. The number of aryl methyl sites for hydroxylation is 1. The molecule has 0 amide bonds. The SMILES string of the molecule is Cc1ccc(NC(=S)N(Cc2ccco2)[C@H]2CCS(=O)(=O)C2)cc1Cl. The van der Waals surface area contributed by atoms with E-state index in [1.807, 2.05) is 30.0 Å². The van der Waals surface area contributed by atoms with E-state index in [1.165, 1.54) is 0 Å². The first-order chi connectivity index (χ1) is 11.8. The molecule has 1 fully saturated rings. The summed E-state index contributed by atoms with van der Waals surface area (Å²) in [5, 5.41) is 4.27. The molecule has 5 nitrogen and oxygen atoms in total. The normalized spacial score (nSPS) is 18.9. The highest BCUT2D eigenvalue weighted by Crippen LogP contribution is 2.24. The fourth-order valence-electron chi connectivity index (χ4n) is 2.82. The van der Waals surface area contributed by atoms with Crippen molar-refractivity contribution in [3.63, 3.8) is 0 Å². The maximum absolute atomic E-state index is 11.9. The average Bonchev–Trinajstić information content (AvgIpc) is 3.17. The van der Waals surface area contributed by atoms with E-state index in [-0.39, 0.29) is 17.5 Å². The third-order valence-electron chi connectivity index (χ3n) is 4.24. The van der Waals surface area contributed by atoms with Gasteiger partial charge >= 0.3 is 0 Å². The molecular weight excluding hydrogens is 380 g/mol. The van der Waals surface area contributed by atoms with Gasteiger partial charge in [-0.1, -0.05) is 17.7 Å². The van der Waals surface area contributed by atoms with Gasteiger partial charge in [0.05, 0.1) is 24.3 Å². The third-order valence-corrected chi connectivity index (χ3v) is 6.73. The van der Waals surface area contributed by atoms with Crippen LogP contribution in [0.5, 0.6) is 0 Å². The number of furan rings is 1. The van der Waals surface area contributed by atoms with Crippen molar-refractivity contribution in [3.8, 4) is 0 Å². The number of rotatable bonds is 4. The van der Waals surface area contributed by atoms with Crippen LogP contribution in [0.3, 0.4) is 0 Å². The minimum Gasteiger partial charge on any atom is -0.467 e. The second kappa shape index (κ2) is 7.35. The van der Waals surface area contributed by atoms with E-state index in [4.69, 9.17) is 28.2 Å². The van der Waals surface area contributed by atoms with Crippen molar-refractivity contribution in [2.75, 3.05) is 16.8 Å². The highest BCUT2D eigenvalue weighted by molar-refractivity contribution is 7.91. The average molecular weight is 399 g/mol. The summed E-state index contributed by atoms with van der Waals surface area (Å²) >= 11 is 11.7. The van der Waals surface area contributed by atoms with Gasteiger partial charge in [0.2, 0.25) is 0 Å². The Morgan fingerprint density at radius 3 is 2.84 bits per heavy atom. The first-order valence-electron chi connectivity index (χ1n) is 7.91. The van der Waals surface area contributed by atoms with Gasteiger partial charge in [-0.2, -0.15) is 0 Å². The molecule has 0 saturated carbocycles. The molecule has 0 spiro atoms. The standard InChI is InChI=1S/C17H19ClN2O3S2/c1-12-4-5-13(9-16(12)18)19-17(24)20(10-15-3-2-7-23-15)14-6-8-25(21,22)11-14/h2-5,7,9,14H,6,8,10-11H2,1H3,(H,19,24)/t14-/m0/s1. The lowest BCUT2D eigenvalue weighted by atomic mass is 10.2. The summed E-state index contributed by atoms with van der Waals surface area (Å²) in [4.78, 5) is 1.88. The Labute approximate surface area is 157 Å². The van der Waals surface area contributed by atoms with Crippen LogP contribution in [0.25, 0.3) is 0 Å². The number of nitrogens with one attached hydrogen (secondary N) is 1. The molecule has 1 saturated heterocycles. The van der Waals surface area contributed by atoms with Gasteiger partial charge in [0.15, 0.2) is 14.9 Å². The van der Waals surface area contributed by atoms with Gasteiger partial charge in [-0.3, -0.25) is 0 Å². The van der Waals surface area contributed by atoms with Gasteiger partial charge in [0.1, 0.15) is 5.76 Å². The number of thiocarbonyl (C=S) groups is 1. The summed E-state index contributed by atoms with van der Waals surface area (Å²) in [6, 6.07) is 9.08. The minimum atomic E-state index is -3.02. The molecule has 0 radical (unpaired) electrons. The van der Waals surface area contributed by atoms with Crippen LogP contribution < -0.4 is 5.32 Å². The predicted octanol–water partition coefficient (Wildman–Crippen LogP) is 3.63. The summed E-state index contributed by atoms with van der Waals surface area (Å²) < 4.78 is 29.2. The van der Waals surface area contributed by atoms with Crippen LogP contribution in [0.1, 0.15) is 17.7 Å². The second-order valence-electron chi connectivity index (χ2n) is 6.16. The van der Waals surface area contributed by atoms with Crippen LogP contribution in [0.4, 0.5) is 5.69 Å². The zero-order valence-corrected chi connectivity index (χ0v) is 16.1. The van der Waals surface area contributed by atoms with Crippen LogP contribution in [-0.4, -0.2) is 36.0 Å². The van der Waals surface area contributed by atoms with E-state index in [9.17, 15) is 8.42 Å². The van der Waals surface area contributed by atoms with E-state index < -0.39 is 9.84 Å². The Bertz CT molecular complexity index is 866. The highest BCUT2D eigenvalue weighted by Gasteiger charge is 2.34. The molecule has 1 N–H and O–H groups in total. The van der Waals surface area contributed by atoms with Crippen LogP contribution in [0.15, 0.2) is 41.0 Å². The molecule has 1 aromatic heterocycles. The Morgan fingerprint density at radius 1 is 1.44 bits per heavy atom. The van der Waals surface area contributed by atoms with Crippen LogP contribution in [-0.2, 0) is 16.4 Å². The van der Waals surface area contributed by atoms with Crippen molar-refractivity contribution in [1.82, 2.24) is 4.90 Å². The van der Waals surface area contributed by atoms with Gasteiger partial charge < -0.3 is 14.6 Å². The largest absolute Gasteiger partial charge is 0.467 e. The van der Waals surface area contributed by atoms with E-state index in [0.29, 0.717) is 23.1 Å². The lowest BCUT2D eigenvalue weighted by Gasteiger charge is -2.30.